The molecule has 0 radical (unpaired) electrons. The van der Waals surface area contributed by atoms with Crippen molar-refractivity contribution in [2.75, 3.05) is 36.4 Å². The molecule has 174 valence electrons. The summed E-state index contributed by atoms with van der Waals surface area (Å²) in [6, 6.07) is 6.79. The van der Waals surface area contributed by atoms with Crippen LogP contribution in [-0.2, 0) is 0 Å². The highest BCUT2D eigenvalue weighted by Crippen LogP contribution is 2.30. The number of ether oxygens (including phenoxy) is 1. The Labute approximate surface area is 187 Å². The van der Waals surface area contributed by atoms with Crippen molar-refractivity contribution in [2.45, 2.75) is 20.2 Å². The van der Waals surface area contributed by atoms with E-state index in [2.05, 4.69) is 25.0 Å². The number of carbonyl (C=O) groups is 1. The Bertz CT molecular complexity index is 1140. The van der Waals surface area contributed by atoms with Crippen molar-refractivity contribution in [2.24, 2.45) is 0 Å². The minimum Gasteiger partial charge on any atom is -0.404 e. The van der Waals surface area contributed by atoms with Crippen LogP contribution in [-0.4, -0.2) is 63.0 Å². The standard InChI is InChI=1S/C21H22F3N7O2/c1-14-15(2)31(13-27-14)19-11-18(25-12-26-19)29-7-9-30(10-8-29)20(32)28-16-5-3-4-6-17(16)33-21(22,23)24/h3-6,11-13H,7-10H2,1-2H3,(H,28,32). The number of urea groups is 1. The van der Waals surface area contributed by atoms with Gasteiger partial charge in [0.1, 0.15) is 24.3 Å². The van der Waals surface area contributed by atoms with Gasteiger partial charge in [0, 0.05) is 37.9 Å². The van der Waals surface area contributed by atoms with Gasteiger partial charge in [-0.15, -0.1) is 13.2 Å². The highest BCUT2D eigenvalue weighted by molar-refractivity contribution is 5.91. The van der Waals surface area contributed by atoms with Gasteiger partial charge in [0.25, 0.3) is 0 Å². The summed E-state index contributed by atoms with van der Waals surface area (Å²) >= 11 is 0. The van der Waals surface area contributed by atoms with Crippen LogP contribution in [0.2, 0.25) is 0 Å². The van der Waals surface area contributed by atoms with Crippen LogP contribution in [0.1, 0.15) is 11.4 Å². The minimum atomic E-state index is -4.85. The normalized spacial score (nSPS) is 14.3. The molecule has 2 aromatic heterocycles. The molecular formula is C21H22F3N7O2. The number of alkyl halides is 3. The van der Waals surface area contributed by atoms with E-state index in [0.29, 0.717) is 32.0 Å². The van der Waals surface area contributed by atoms with Crippen LogP contribution in [0.25, 0.3) is 5.82 Å². The number of benzene rings is 1. The number of imidazole rings is 1. The third-order valence-corrected chi connectivity index (χ3v) is 5.38. The van der Waals surface area contributed by atoms with Crippen LogP contribution < -0.4 is 15.0 Å². The number of halogens is 3. The molecule has 12 heteroatoms. The number of aromatic nitrogens is 4. The number of nitrogens with one attached hydrogen (secondary N) is 1. The van der Waals surface area contributed by atoms with Crippen molar-refractivity contribution in [3.8, 4) is 11.6 Å². The number of nitrogens with zero attached hydrogens (tertiary/aromatic N) is 6. The second kappa shape index (κ2) is 8.96. The van der Waals surface area contributed by atoms with Crippen molar-refractivity contribution < 1.29 is 22.7 Å². The number of piperazine rings is 1. The maximum absolute atomic E-state index is 12.6. The van der Waals surface area contributed by atoms with Crippen LogP contribution in [0.5, 0.6) is 5.75 Å². The van der Waals surface area contributed by atoms with Crippen LogP contribution >= 0.6 is 0 Å². The van der Waals surface area contributed by atoms with Gasteiger partial charge in [0.2, 0.25) is 0 Å². The Morgan fingerprint density at radius 3 is 2.39 bits per heavy atom. The quantitative estimate of drug-likeness (QED) is 0.640. The summed E-state index contributed by atoms with van der Waals surface area (Å²) in [4.78, 5) is 29.1. The Balaban J connectivity index is 1.39. The molecule has 9 nitrogen and oxygen atoms in total. The molecule has 3 heterocycles. The first kappa shape index (κ1) is 22.4. The predicted molar refractivity (Wildman–Crippen MR) is 115 cm³/mol. The first-order valence-electron chi connectivity index (χ1n) is 10.2. The minimum absolute atomic E-state index is 0.0475. The summed E-state index contributed by atoms with van der Waals surface area (Å²) in [5, 5.41) is 2.50. The monoisotopic (exact) mass is 461 g/mol. The third-order valence-electron chi connectivity index (χ3n) is 5.38. The van der Waals surface area contributed by atoms with Crippen LogP contribution in [0.4, 0.5) is 29.5 Å². The summed E-state index contributed by atoms with van der Waals surface area (Å²) in [6.45, 7) is 5.64. The lowest BCUT2D eigenvalue weighted by Gasteiger charge is -2.35. The van der Waals surface area contributed by atoms with Gasteiger partial charge in [-0.05, 0) is 26.0 Å². The van der Waals surface area contributed by atoms with Gasteiger partial charge in [-0.1, -0.05) is 12.1 Å². The second-order valence-corrected chi connectivity index (χ2v) is 7.47. The lowest BCUT2D eigenvalue weighted by atomic mass is 10.3. The Kier molecular flexibility index (Phi) is 6.07. The van der Waals surface area contributed by atoms with Crippen molar-refractivity contribution in [3.63, 3.8) is 0 Å². The molecule has 3 aromatic rings. The number of rotatable bonds is 4. The number of anilines is 2. The molecule has 0 atom stereocenters. The Hall–Kier alpha value is -3.83. The summed E-state index contributed by atoms with van der Waals surface area (Å²) in [7, 11) is 0. The number of amides is 2. The number of hydrogen-bond acceptors (Lipinski definition) is 6. The molecule has 0 saturated carbocycles. The third kappa shape index (κ3) is 5.16. The smallest absolute Gasteiger partial charge is 0.404 e. The number of para-hydroxylation sites is 2. The molecule has 1 fully saturated rings. The SMILES string of the molecule is Cc1ncn(-c2cc(N3CCN(C(=O)Nc4ccccc4OC(F)(F)F)CC3)ncn2)c1C. The number of aryl methyl sites for hydroxylation is 1. The Morgan fingerprint density at radius 1 is 1.03 bits per heavy atom. The van der Waals surface area contributed by atoms with E-state index in [1.165, 1.54) is 29.4 Å². The van der Waals surface area contributed by atoms with Gasteiger partial charge < -0.3 is 19.9 Å². The van der Waals surface area contributed by atoms with E-state index in [0.717, 1.165) is 23.3 Å². The average Bonchev–Trinajstić information content (AvgIpc) is 3.12. The van der Waals surface area contributed by atoms with Crippen LogP contribution in [0, 0.1) is 13.8 Å². The molecule has 2 amide bonds. The largest absolute Gasteiger partial charge is 0.573 e. The fourth-order valence-corrected chi connectivity index (χ4v) is 3.49. The zero-order valence-electron chi connectivity index (χ0n) is 18.0. The van der Waals surface area contributed by atoms with E-state index in [4.69, 9.17) is 0 Å². The van der Waals surface area contributed by atoms with Gasteiger partial charge in [-0.3, -0.25) is 4.57 Å². The summed E-state index contributed by atoms with van der Waals surface area (Å²) in [6.07, 6.45) is -1.66. The first-order valence-corrected chi connectivity index (χ1v) is 10.2. The van der Waals surface area contributed by atoms with Crippen molar-refractivity contribution in [1.82, 2.24) is 24.4 Å². The molecule has 4 rings (SSSR count). The highest BCUT2D eigenvalue weighted by atomic mass is 19.4. The molecular weight excluding hydrogens is 439 g/mol. The molecule has 1 aliphatic rings. The number of carbonyl (C=O) groups excluding carboxylic acids is 1. The van der Waals surface area contributed by atoms with Crippen molar-refractivity contribution >= 4 is 17.5 Å². The van der Waals surface area contributed by atoms with Crippen molar-refractivity contribution in [1.29, 1.82) is 0 Å². The fourth-order valence-electron chi connectivity index (χ4n) is 3.49. The average molecular weight is 461 g/mol. The van der Waals surface area contributed by atoms with Crippen molar-refractivity contribution in [3.05, 3.63) is 54.4 Å². The molecule has 0 spiro atoms. The topological polar surface area (TPSA) is 88.4 Å². The molecule has 0 bridgehead atoms. The van der Waals surface area contributed by atoms with E-state index < -0.39 is 18.1 Å². The van der Waals surface area contributed by atoms with Gasteiger partial charge >= 0.3 is 12.4 Å². The molecule has 33 heavy (non-hydrogen) atoms. The number of hydrogen-bond donors (Lipinski definition) is 1. The Morgan fingerprint density at radius 2 is 1.73 bits per heavy atom. The summed E-state index contributed by atoms with van der Waals surface area (Å²) < 4.78 is 43.7. The molecule has 1 aromatic carbocycles. The highest BCUT2D eigenvalue weighted by Gasteiger charge is 2.32. The van der Waals surface area contributed by atoms with E-state index in [1.54, 1.807) is 6.33 Å². The van der Waals surface area contributed by atoms with E-state index >= 15 is 0 Å². The summed E-state index contributed by atoms with van der Waals surface area (Å²) in [5.74, 6) is 0.949. The molecule has 1 saturated heterocycles. The lowest BCUT2D eigenvalue weighted by molar-refractivity contribution is -0.274. The molecule has 0 aliphatic carbocycles. The molecule has 1 N–H and O–H groups in total. The van der Waals surface area contributed by atoms with Crippen LogP contribution in [0.15, 0.2) is 43.0 Å². The predicted octanol–water partition coefficient (Wildman–Crippen LogP) is 3.53. The lowest BCUT2D eigenvalue weighted by Crippen LogP contribution is -2.50. The zero-order chi connectivity index (χ0) is 23.6. The van der Waals surface area contributed by atoms with Gasteiger partial charge in [0.15, 0.2) is 5.75 Å². The van der Waals surface area contributed by atoms with E-state index in [1.807, 2.05) is 29.4 Å². The first-order chi connectivity index (χ1) is 15.7. The van der Waals surface area contributed by atoms with Crippen LogP contribution in [0.3, 0.4) is 0 Å². The zero-order valence-corrected chi connectivity index (χ0v) is 18.0. The molecule has 1 aliphatic heterocycles. The van der Waals surface area contributed by atoms with E-state index in [9.17, 15) is 18.0 Å². The molecule has 0 unspecified atom stereocenters. The fraction of sp³-hybridized carbons (Fsp3) is 0.333. The maximum Gasteiger partial charge on any atom is 0.573 e. The van der Waals surface area contributed by atoms with Gasteiger partial charge in [0.05, 0.1) is 11.4 Å². The maximum atomic E-state index is 12.6. The summed E-state index contributed by atoms with van der Waals surface area (Å²) in [5.41, 5.74) is 1.85. The van der Waals surface area contributed by atoms with E-state index in [-0.39, 0.29) is 5.69 Å². The van der Waals surface area contributed by atoms with Gasteiger partial charge in [-0.25, -0.2) is 19.7 Å². The second-order valence-electron chi connectivity index (χ2n) is 7.47. The van der Waals surface area contributed by atoms with Gasteiger partial charge in [-0.2, -0.15) is 0 Å².